The molecule has 0 fully saturated rings. The Morgan fingerprint density at radius 3 is 2.60 bits per heavy atom. The van der Waals surface area contributed by atoms with Gasteiger partial charge >= 0.3 is 5.97 Å². The van der Waals surface area contributed by atoms with Gasteiger partial charge in [-0.3, -0.25) is 0 Å². The summed E-state index contributed by atoms with van der Waals surface area (Å²) in [6.07, 6.45) is -0.167. The van der Waals surface area contributed by atoms with Crippen LogP contribution in [0.25, 0.3) is 0 Å². The Labute approximate surface area is 96.8 Å². The monoisotopic (exact) mass is 267 g/mol. The number of nitrogens with zero attached hydrogens (tertiary/aromatic N) is 1. The van der Waals surface area contributed by atoms with Crippen molar-refractivity contribution in [2.75, 3.05) is 0 Å². The van der Waals surface area contributed by atoms with Gasteiger partial charge in [-0.05, 0) is 30.7 Å². The molecule has 0 aliphatic carbocycles. The lowest BCUT2D eigenvalue weighted by molar-refractivity contribution is 0.0401. The van der Waals surface area contributed by atoms with Crippen LogP contribution in [-0.4, -0.2) is 12.1 Å². The molecule has 0 N–H and O–H groups in total. The molecule has 0 aliphatic rings. The van der Waals surface area contributed by atoms with Crippen LogP contribution in [0, 0.1) is 11.3 Å². The van der Waals surface area contributed by atoms with Crippen LogP contribution in [0.2, 0.25) is 0 Å². The summed E-state index contributed by atoms with van der Waals surface area (Å²) in [7, 11) is 0. The van der Waals surface area contributed by atoms with E-state index in [2.05, 4.69) is 15.9 Å². The fraction of sp³-hybridized carbons (Fsp3) is 0.273. The first-order valence-electron chi connectivity index (χ1n) is 4.53. The number of ether oxygens (including phenoxy) is 1. The van der Waals surface area contributed by atoms with E-state index < -0.39 is 12.1 Å². The lowest BCUT2D eigenvalue weighted by Gasteiger charge is -2.08. The minimum Gasteiger partial charge on any atom is -0.443 e. The molecule has 1 atom stereocenters. The normalized spacial score (nSPS) is 11.5. The molecular weight excluding hydrogens is 258 g/mol. The zero-order chi connectivity index (χ0) is 11.3. The number of carbonyl (C=O) groups excluding carboxylic acids is 1. The maximum atomic E-state index is 11.5. The Hall–Kier alpha value is -1.34. The number of esters is 1. The standard InChI is InChI=1S/C11H10BrNO2/c1-2-10(7-13)15-11(14)8-3-5-9(12)6-4-8/h3-6,10H,2H2,1H3. The third-order valence-electron chi connectivity index (χ3n) is 1.84. The third-order valence-corrected chi connectivity index (χ3v) is 2.37. The van der Waals surface area contributed by atoms with Crippen LogP contribution in [0.1, 0.15) is 23.7 Å². The van der Waals surface area contributed by atoms with E-state index in [1.165, 1.54) is 0 Å². The number of rotatable bonds is 3. The van der Waals surface area contributed by atoms with Crippen molar-refractivity contribution in [2.45, 2.75) is 19.4 Å². The Morgan fingerprint density at radius 1 is 1.53 bits per heavy atom. The van der Waals surface area contributed by atoms with Gasteiger partial charge in [-0.1, -0.05) is 22.9 Å². The van der Waals surface area contributed by atoms with E-state index in [9.17, 15) is 4.79 Å². The van der Waals surface area contributed by atoms with Gasteiger partial charge in [-0.2, -0.15) is 5.26 Å². The average Bonchev–Trinajstić information content (AvgIpc) is 2.26. The van der Waals surface area contributed by atoms with Crippen molar-refractivity contribution in [2.24, 2.45) is 0 Å². The maximum absolute atomic E-state index is 11.5. The van der Waals surface area contributed by atoms with Crippen LogP contribution in [-0.2, 0) is 4.74 Å². The van der Waals surface area contributed by atoms with E-state index >= 15 is 0 Å². The molecule has 0 heterocycles. The molecule has 3 nitrogen and oxygen atoms in total. The van der Waals surface area contributed by atoms with E-state index in [0.717, 1.165) is 4.47 Å². The highest BCUT2D eigenvalue weighted by Gasteiger charge is 2.12. The highest BCUT2D eigenvalue weighted by Crippen LogP contribution is 2.12. The van der Waals surface area contributed by atoms with Crippen molar-refractivity contribution in [1.82, 2.24) is 0 Å². The second kappa shape index (κ2) is 5.52. The minimum absolute atomic E-state index is 0.451. The summed E-state index contributed by atoms with van der Waals surface area (Å²) >= 11 is 3.27. The third kappa shape index (κ3) is 3.37. The zero-order valence-corrected chi connectivity index (χ0v) is 9.82. The molecule has 1 aromatic carbocycles. The second-order valence-corrected chi connectivity index (χ2v) is 3.85. The van der Waals surface area contributed by atoms with Gasteiger partial charge in [0.05, 0.1) is 5.56 Å². The van der Waals surface area contributed by atoms with Crippen LogP contribution in [0.5, 0.6) is 0 Å². The summed E-state index contributed by atoms with van der Waals surface area (Å²) in [4.78, 5) is 11.5. The van der Waals surface area contributed by atoms with Gasteiger partial charge < -0.3 is 4.74 Å². The first-order chi connectivity index (χ1) is 7.17. The first-order valence-corrected chi connectivity index (χ1v) is 5.32. The number of nitriles is 1. The van der Waals surface area contributed by atoms with Crippen LogP contribution in [0.3, 0.4) is 0 Å². The van der Waals surface area contributed by atoms with Gasteiger partial charge in [0.1, 0.15) is 6.07 Å². The van der Waals surface area contributed by atoms with Crippen molar-refractivity contribution in [3.8, 4) is 6.07 Å². The highest BCUT2D eigenvalue weighted by atomic mass is 79.9. The van der Waals surface area contributed by atoms with Gasteiger partial charge in [-0.15, -0.1) is 0 Å². The molecule has 0 aliphatic heterocycles. The van der Waals surface area contributed by atoms with Crippen molar-refractivity contribution < 1.29 is 9.53 Å². The molecule has 0 radical (unpaired) electrons. The highest BCUT2D eigenvalue weighted by molar-refractivity contribution is 9.10. The topological polar surface area (TPSA) is 50.1 Å². The number of hydrogen-bond donors (Lipinski definition) is 0. The fourth-order valence-electron chi connectivity index (χ4n) is 0.984. The largest absolute Gasteiger partial charge is 0.443 e. The van der Waals surface area contributed by atoms with Crippen molar-refractivity contribution in [3.63, 3.8) is 0 Å². The molecule has 0 amide bonds. The molecular formula is C11H10BrNO2. The first kappa shape index (κ1) is 11.7. The van der Waals surface area contributed by atoms with Gasteiger partial charge in [0.25, 0.3) is 0 Å². The molecule has 0 bridgehead atoms. The summed E-state index contributed by atoms with van der Waals surface area (Å²) in [5, 5.41) is 8.63. The summed E-state index contributed by atoms with van der Waals surface area (Å²) in [6, 6.07) is 8.72. The maximum Gasteiger partial charge on any atom is 0.339 e. The second-order valence-electron chi connectivity index (χ2n) is 2.94. The fourth-order valence-corrected chi connectivity index (χ4v) is 1.25. The molecule has 1 rings (SSSR count). The van der Waals surface area contributed by atoms with Gasteiger partial charge in [-0.25, -0.2) is 4.79 Å². The Balaban J connectivity index is 2.70. The van der Waals surface area contributed by atoms with Crippen molar-refractivity contribution in [3.05, 3.63) is 34.3 Å². The molecule has 4 heteroatoms. The van der Waals surface area contributed by atoms with Gasteiger partial charge in [0, 0.05) is 4.47 Å². The molecule has 0 aromatic heterocycles. The van der Waals surface area contributed by atoms with E-state index in [4.69, 9.17) is 10.00 Å². The summed E-state index contributed by atoms with van der Waals surface area (Å²) in [6.45, 7) is 1.79. The lowest BCUT2D eigenvalue weighted by atomic mass is 10.2. The quantitative estimate of drug-likeness (QED) is 0.792. The molecule has 15 heavy (non-hydrogen) atoms. The van der Waals surface area contributed by atoms with E-state index in [1.54, 1.807) is 31.2 Å². The predicted octanol–water partition coefficient (Wildman–Crippen LogP) is 2.91. The Kier molecular flexibility index (Phi) is 4.32. The van der Waals surface area contributed by atoms with E-state index in [1.807, 2.05) is 6.07 Å². The molecule has 0 spiro atoms. The van der Waals surface area contributed by atoms with Crippen molar-refractivity contribution in [1.29, 1.82) is 5.26 Å². The molecule has 1 unspecified atom stereocenters. The van der Waals surface area contributed by atoms with Crippen molar-refractivity contribution >= 4 is 21.9 Å². The minimum atomic E-state index is -0.666. The number of halogens is 1. The van der Waals surface area contributed by atoms with E-state index in [-0.39, 0.29) is 0 Å². The van der Waals surface area contributed by atoms with Crippen LogP contribution in [0.15, 0.2) is 28.7 Å². The van der Waals surface area contributed by atoms with Gasteiger partial charge in [0.15, 0.2) is 6.10 Å². The van der Waals surface area contributed by atoms with Gasteiger partial charge in [0.2, 0.25) is 0 Å². The number of hydrogen-bond acceptors (Lipinski definition) is 3. The average molecular weight is 268 g/mol. The SMILES string of the molecule is CCC(C#N)OC(=O)c1ccc(Br)cc1. The lowest BCUT2D eigenvalue weighted by Crippen LogP contribution is -2.15. The van der Waals surface area contributed by atoms with Crippen LogP contribution in [0.4, 0.5) is 0 Å². The Bertz CT molecular complexity index is 381. The number of carbonyl (C=O) groups is 1. The molecule has 1 aromatic rings. The predicted molar refractivity (Wildman–Crippen MR) is 59.2 cm³/mol. The Morgan fingerprint density at radius 2 is 2.13 bits per heavy atom. The van der Waals surface area contributed by atoms with Crippen LogP contribution >= 0.6 is 15.9 Å². The molecule has 0 saturated carbocycles. The zero-order valence-electron chi connectivity index (χ0n) is 8.24. The summed E-state index contributed by atoms with van der Waals surface area (Å²) in [5.74, 6) is -0.462. The molecule has 0 saturated heterocycles. The van der Waals surface area contributed by atoms with E-state index in [0.29, 0.717) is 12.0 Å². The summed E-state index contributed by atoms with van der Waals surface area (Å²) in [5.41, 5.74) is 0.451. The summed E-state index contributed by atoms with van der Waals surface area (Å²) < 4.78 is 5.85. The smallest absolute Gasteiger partial charge is 0.339 e. The molecule has 78 valence electrons. The number of benzene rings is 1. The van der Waals surface area contributed by atoms with Crippen LogP contribution < -0.4 is 0 Å².